The average Bonchev–Trinajstić information content (AvgIpc) is 2.91. The highest BCUT2D eigenvalue weighted by Crippen LogP contribution is 2.35. The largest absolute Gasteiger partial charge is 0.381 e. The molecular formula is C13H17N3O. The van der Waals surface area contributed by atoms with E-state index in [0.717, 1.165) is 30.3 Å². The molecule has 17 heavy (non-hydrogen) atoms. The summed E-state index contributed by atoms with van der Waals surface area (Å²) < 4.78 is 7.58. The highest BCUT2D eigenvalue weighted by molar-refractivity contribution is 5.78. The molecule has 1 aromatic carbocycles. The smallest absolute Gasteiger partial charge is 0.201 e. The molecule has 4 nitrogen and oxygen atoms in total. The Kier molecular flexibility index (Phi) is 2.52. The number of rotatable bonds is 2. The lowest BCUT2D eigenvalue weighted by Crippen LogP contribution is -2.11. The van der Waals surface area contributed by atoms with Gasteiger partial charge in [-0.3, -0.25) is 0 Å². The van der Waals surface area contributed by atoms with Crippen molar-refractivity contribution < 1.29 is 4.74 Å². The Morgan fingerprint density at radius 2 is 2.18 bits per heavy atom. The third-order valence-corrected chi connectivity index (χ3v) is 3.68. The summed E-state index contributed by atoms with van der Waals surface area (Å²) in [4.78, 5) is 4.41. The van der Waals surface area contributed by atoms with Crippen molar-refractivity contribution in [3.63, 3.8) is 0 Å². The predicted molar refractivity (Wildman–Crippen MR) is 67.8 cm³/mol. The summed E-state index contributed by atoms with van der Waals surface area (Å²) in [5.74, 6) is 0.618. The zero-order valence-corrected chi connectivity index (χ0v) is 9.97. The van der Waals surface area contributed by atoms with Crippen LogP contribution in [0.2, 0.25) is 0 Å². The molecule has 90 valence electrons. The van der Waals surface area contributed by atoms with Gasteiger partial charge < -0.3 is 15.0 Å². The second-order valence-electron chi connectivity index (χ2n) is 4.65. The lowest BCUT2D eigenvalue weighted by atomic mass is 10.2. The molecule has 2 N–H and O–H groups in total. The summed E-state index contributed by atoms with van der Waals surface area (Å²) in [6.07, 6.45) is 3.61. The van der Waals surface area contributed by atoms with Gasteiger partial charge in [0.1, 0.15) is 0 Å². The van der Waals surface area contributed by atoms with Crippen LogP contribution in [0.4, 0.5) is 5.95 Å². The second-order valence-corrected chi connectivity index (χ2v) is 4.65. The zero-order chi connectivity index (χ0) is 11.8. The highest BCUT2D eigenvalue weighted by atomic mass is 16.5. The Morgan fingerprint density at radius 1 is 1.35 bits per heavy atom. The summed E-state index contributed by atoms with van der Waals surface area (Å²) >= 11 is 0. The minimum atomic E-state index is 0.362. The molecule has 0 radical (unpaired) electrons. The molecular weight excluding hydrogens is 214 g/mol. The molecule has 0 saturated heterocycles. The Labute approximate surface area is 100 Å². The highest BCUT2D eigenvalue weighted by Gasteiger charge is 2.28. The van der Waals surface area contributed by atoms with E-state index in [2.05, 4.69) is 15.6 Å². The fourth-order valence-electron chi connectivity index (χ4n) is 2.81. The molecule has 3 rings (SSSR count). The van der Waals surface area contributed by atoms with E-state index in [1.165, 1.54) is 0 Å². The number of anilines is 1. The first kappa shape index (κ1) is 10.6. The molecule has 1 aliphatic carbocycles. The second kappa shape index (κ2) is 4.04. The Balaban J connectivity index is 2.02. The maximum absolute atomic E-state index is 6.03. The molecule has 1 fully saturated rings. The van der Waals surface area contributed by atoms with Crippen molar-refractivity contribution in [3.8, 4) is 0 Å². The van der Waals surface area contributed by atoms with Gasteiger partial charge in [0.2, 0.25) is 5.95 Å². The van der Waals surface area contributed by atoms with Crippen LogP contribution in [0.5, 0.6) is 0 Å². The quantitative estimate of drug-likeness (QED) is 0.863. The van der Waals surface area contributed by atoms with E-state index < -0.39 is 0 Å². The van der Waals surface area contributed by atoms with Gasteiger partial charge in [-0.25, -0.2) is 4.98 Å². The van der Waals surface area contributed by atoms with Gasteiger partial charge in [0.15, 0.2) is 0 Å². The molecule has 1 saturated carbocycles. The molecule has 1 heterocycles. The summed E-state index contributed by atoms with van der Waals surface area (Å²) in [6, 6.07) is 8.53. The fourth-order valence-corrected chi connectivity index (χ4v) is 2.81. The summed E-state index contributed by atoms with van der Waals surface area (Å²) in [5.41, 5.74) is 8.14. The van der Waals surface area contributed by atoms with Gasteiger partial charge in [0.05, 0.1) is 17.1 Å². The first-order valence-corrected chi connectivity index (χ1v) is 6.05. The maximum atomic E-state index is 6.03. The molecule has 0 spiro atoms. The van der Waals surface area contributed by atoms with Gasteiger partial charge in [-0.2, -0.15) is 0 Å². The lowest BCUT2D eigenvalue weighted by molar-refractivity contribution is 0.106. The van der Waals surface area contributed by atoms with Crippen molar-refractivity contribution >= 4 is 17.0 Å². The van der Waals surface area contributed by atoms with Crippen molar-refractivity contribution in [2.75, 3.05) is 12.8 Å². The first-order valence-electron chi connectivity index (χ1n) is 6.05. The molecule has 0 aliphatic heterocycles. The van der Waals surface area contributed by atoms with Crippen molar-refractivity contribution in [2.24, 2.45) is 0 Å². The number of hydrogen-bond acceptors (Lipinski definition) is 3. The van der Waals surface area contributed by atoms with Gasteiger partial charge in [0, 0.05) is 13.2 Å². The molecule has 1 aliphatic rings. The van der Waals surface area contributed by atoms with Crippen molar-refractivity contribution in [1.29, 1.82) is 0 Å². The molecule has 1 aromatic heterocycles. The number of para-hydroxylation sites is 2. The van der Waals surface area contributed by atoms with Crippen LogP contribution in [0.15, 0.2) is 24.3 Å². The van der Waals surface area contributed by atoms with Gasteiger partial charge in [-0.05, 0) is 31.4 Å². The van der Waals surface area contributed by atoms with Crippen LogP contribution in [0.3, 0.4) is 0 Å². The van der Waals surface area contributed by atoms with E-state index in [-0.39, 0.29) is 0 Å². The summed E-state index contributed by atoms with van der Waals surface area (Å²) in [7, 11) is 1.78. The van der Waals surface area contributed by atoms with Gasteiger partial charge >= 0.3 is 0 Å². The third kappa shape index (κ3) is 1.69. The number of fused-ring (bicyclic) bond motifs is 1. The Morgan fingerprint density at radius 3 is 2.94 bits per heavy atom. The van der Waals surface area contributed by atoms with Gasteiger partial charge in [0.25, 0.3) is 0 Å². The van der Waals surface area contributed by atoms with Crippen LogP contribution in [-0.2, 0) is 4.74 Å². The van der Waals surface area contributed by atoms with Crippen LogP contribution in [0.25, 0.3) is 11.0 Å². The fraction of sp³-hybridized carbons (Fsp3) is 0.462. The van der Waals surface area contributed by atoms with Crippen molar-refractivity contribution in [2.45, 2.75) is 31.4 Å². The number of nitrogens with two attached hydrogens (primary N) is 1. The van der Waals surface area contributed by atoms with E-state index in [0.29, 0.717) is 18.1 Å². The molecule has 4 heteroatoms. The van der Waals surface area contributed by atoms with E-state index in [9.17, 15) is 0 Å². The lowest BCUT2D eigenvalue weighted by Gasteiger charge is -2.14. The topological polar surface area (TPSA) is 53.1 Å². The van der Waals surface area contributed by atoms with Crippen LogP contribution < -0.4 is 5.73 Å². The number of aromatic nitrogens is 2. The van der Waals surface area contributed by atoms with Crippen LogP contribution in [0, 0.1) is 0 Å². The number of imidazole rings is 1. The van der Waals surface area contributed by atoms with Crippen LogP contribution in [-0.4, -0.2) is 22.8 Å². The number of hydrogen-bond donors (Lipinski definition) is 1. The van der Waals surface area contributed by atoms with Crippen molar-refractivity contribution in [1.82, 2.24) is 9.55 Å². The number of ether oxygens (including phenoxy) is 1. The molecule has 2 atom stereocenters. The SMILES string of the molecule is COC1CCC(n2c(N)nc3ccccc32)C1. The van der Waals surface area contributed by atoms with Crippen LogP contribution in [0.1, 0.15) is 25.3 Å². The minimum Gasteiger partial charge on any atom is -0.381 e. The third-order valence-electron chi connectivity index (χ3n) is 3.68. The van der Waals surface area contributed by atoms with E-state index >= 15 is 0 Å². The monoisotopic (exact) mass is 231 g/mol. The standard InChI is InChI=1S/C13H17N3O/c1-17-10-7-6-9(8-10)16-12-5-3-2-4-11(12)15-13(16)14/h2-5,9-10H,6-8H2,1H3,(H2,14,15). The Bertz CT molecular complexity index is 534. The number of benzene rings is 1. The molecule has 0 bridgehead atoms. The van der Waals surface area contributed by atoms with Crippen LogP contribution >= 0.6 is 0 Å². The number of nitrogens with zero attached hydrogens (tertiary/aromatic N) is 2. The van der Waals surface area contributed by atoms with E-state index in [1.807, 2.05) is 18.2 Å². The first-order chi connectivity index (χ1) is 8.29. The normalized spacial score (nSPS) is 24.5. The van der Waals surface area contributed by atoms with Crippen molar-refractivity contribution in [3.05, 3.63) is 24.3 Å². The minimum absolute atomic E-state index is 0.362. The summed E-state index contributed by atoms with van der Waals surface area (Å²) in [6.45, 7) is 0. The summed E-state index contributed by atoms with van der Waals surface area (Å²) in [5, 5.41) is 0. The molecule has 0 amide bonds. The number of methoxy groups -OCH3 is 1. The Hall–Kier alpha value is -1.55. The number of nitrogen functional groups attached to an aromatic ring is 1. The van der Waals surface area contributed by atoms with Gasteiger partial charge in [-0.15, -0.1) is 0 Å². The van der Waals surface area contributed by atoms with E-state index in [1.54, 1.807) is 7.11 Å². The average molecular weight is 231 g/mol. The maximum Gasteiger partial charge on any atom is 0.201 e. The zero-order valence-electron chi connectivity index (χ0n) is 9.97. The van der Waals surface area contributed by atoms with Gasteiger partial charge in [-0.1, -0.05) is 12.1 Å². The van der Waals surface area contributed by atoms with E-state index in [4.69, 9.17) is 10.5 Å². The molecule has 2 aromatic rings. The predicted octanol–water partition coefficient (Wildman–Crippen LogP) is 2.36. The molecule has 2 unspecified atom stereocenters.